The van der Waals surface area contributed by atoms with E-state index in [1.54, 1.807) is 33.8 Å². The van der Waals surface area contributed by atoms with E-state index in [9.17, 15) is 8.78 Å². The zero-order valence-corrected chi connectivity index (χ0v) is 9.26. The highest BCUT2D eigenvalue weighted by Crippen LogP contribution is 2.17. The Morgan fingerprint density at radius 1 is 1.41 bits per heavy atom. The summed E-state index contributed by atoms with van der Waals surface area (Å²) in [4.78, 5) is 5.69. The van der Waals surface area contributed by atoms with Gasteiger partial charge in [-0.1, -0.05) is 6.07 Å². The summed E-state index contributed by atoms with van der Waals surface area (Å²) < 4.78 is 26.8. The second-order valence-electron chi connectivity index (χ2n) is 3.67. The molecule has 2 rings (SSSR count). The Balaban J connectivity index is 2.36. The second-order valence-corrected chi connectivity index (χ2v) is 3.67. The fraction of sp³-hybridized carbons (Fsp3) is 0.364. The average molecular weight is 240 g/mol. The number of rotatable bonds is 5. The number of hydrogen-bond acceptors (Lipinski definition) is 3. The first-order valence-electron chi connectivity index (χ1n) is 5.37. The molecule has 4 nitrogen and oxygen atoms in total. The van der Waals surface area contributed by atoms with E-state index in [2.05, 4.69) is 4.98 Å². The fourth-order valence-electron chi connectivity index (χ4n) is 1.81. The minimum Gasteiger partial charge on any atom is -0.351 e. The lowest BCUT2D eigenvalue weighted by Gasteiger charge is -2.24. The van der Waals surface area contributed by atoms with Gasteiger partial charge in [-0.05, 0) is 12.1 Å². The van der Waals surface area contributed by atoms with E-state index in [0.717, 1.165) is 5.65 Å². The zero-order chi connectivity index (χ0) is 12.3. The van der Waals surface area contributed by atoms with Gasteiger partial charge >= 0.3 is 0 Å². The van der Waals surface area contributed by atoms with Crippen LogP contribution in [0, 0.1) is 0 Å². The summed E-state index contributed by atoms with van der Waals surface area (Å²) in [7, 11) is 0. The number of imidazole rings is 1. The maximum Gasteiger partial charge on any atom is 0.255 e. The second kappa shape index (κ2) is 5.09. The van der Waals surface area contributed by atoms with E-state index in [1.807, 2.05) is 6.07 Å². The van der Waals surface area contributed by atoms with Gasteiger partial charge in [0.25, 0.3) is 6.43 Å². The molecule has 0 unspecified atom stereocenters. The molecule has 0 aliphatic heterocycles. The van der Waals surface area contributed by atoms with Crippen LogP contribution in [-0.2, 0) is 0 Å². The molecule has 17 heavy (non-hydrogen) atoms. The van der Waals surface area contributed by atoms with Crippen LogP contribution in [0.1, 0.15) is 0 Å². The van der Waals surface area contributed by atoms with E-state index in [4.69, 9.17) is 5.73 Å². The Hall–Kier alpha value is -1.69. The van der Waals surface area contributed by atoms with Crippen LogP contribution < -0.4 is 10.6 Å². The van der Waals surface area contributed by atoms with Gasteiger partial charge in [0.1, 0.15) is 11.5 Å². The highest BCUT2D eigenvalue weighted by molar-refractivity contribution is 5.51. The first-order chi connectivity index (χ1) is 8.22. The predicted octanol–water partition coefficient (Wildman–Crippen LogP) is 1.36. The number of fused-ring (bicyclic) bond motifs is 1. The molecule has 92 valence electrons. The highest BCUT2D eigenvalue weighted by Gasteiger charge is 2.14. The number of hydrogen-bond donors (Lipinski definition) is 1. The lowest BCUT2D eigenvalue weighted by Crippen LogP contribution is -2.34. The standard InChI is InChI=1S/C11H14F2N4/c12-9(13)8-16(6-4-14)11-3-1-2-10-15-5-7-17(10)11/h1-3,5,7,9H,4,6,8,14H2. The fourth-order valence-corrected chi connectivity index (χ4v) is 1.81. The molecule has 0 amide bonds. The first-order valence-corrected chi connectivity index (χ1v) is 5.37. The topological polar surface area (TPSA) is 46.6 Å². The van der Waals surface area contributed by atoms with Crippen LogP contribution in [0.25, 0.3) is 5.65 Å². The molecule has 0 saturated carbocycles. The average Bonchev–Trinajstić information content (AvgIpc) is 2.75. The lowest BCUT2D eigenvalue weighted by atomic mass is 10.4. The maximum atomic E-state index is 12.5. The van der Waals surface area contributed by atoms with Crippen LogP contribution in [0.5, 0.6) is 0 Å². The Morgan fingerprint density at radius 2 is 2.24 bits per heavy atom. The number of anilines is 1. The summed E-state index contributed by atoms with van der Waals surface area (Å²) >= 11 is 0. The summed E-state index contributed by atoms with van der Waals surface area (Å²) in [5.74, 6) is 0.686. The van der Waals surface area contributed by atoms with Crippen molar-refractivity contribution in [2.75, 3.05) is 24.5 Å². The third kappa shape index (κ3) is 2.52. The van der Waals surface area contributed by atoms with Gasteiger partial charge in [-0.25, -0.2) is 13.8 Å². The largest absolute Gasteiger partial charge is 0.351 e. The van der Waals surface area contributed by atoms with Gasteiger partial charge in [0.2, 0.25) is 0 Å². The van der Waals surface area contributed by atoms with Gasteiger partial charge in [-0.2, -0.15) is 0 Å². The highest BCUT2D eigenvalue weighted by atomic mass is 19.3. The van der Waals surface area contributed by atoms with Crippen molar-refractivity contribution in [1.29, 1.82) is 0 Å². The first kappa shape index (κ1) is 11.8. The number of nitrogens with two attached hydrogens (primary N) is 1. The summed E-state index contributed by atoms with van der Waals surface area (Å²) in [6.45, 7) is 0.397. The molecule has 0 aliphatic rings. The molecule has 2 N–H and O–H groups in total. The minimum atomic E-state index is -2.39. The van der Waals surface area contributed by atoms with Crippen LogP contribution >= 0.6 is 0 Å². The number of pyridine rings is 1. The van der Waals surface area contributed by atoms with Crippen molar-refractivity contribution in [1.82, 2.24) is 9.38 Å². The monoisotopic (exact) mass is 240 g/mol. The van der Waals surface area contributed by atoms with E-state index in [1.165, 1.54) is 0 Å². The third-order valence-electron chi connectivity index (χ3n) is 2.49. The summed E-state index contributed by atoms with van der Waals surface area (Å²) in [6.07, 6.45) is 1.00. The Bertz CT molecular complexity index is 483. The summed E-state index contributed by atoms with van der Waals surface area (Å²) in [6, 6.07) is 5.41. The van der Waals surface area contributed by atoms with Crippen LogP contribution in [0.15, 0.2) is 30.6 Å². The molecule has 2 heterocycles. The zero-order valence-electron chi connectivity index (χ0n) is 9.26. The van der Waals surface area contributed by atoms with Gasteiger partial charge in [0, 0.05) is 25.5 Å². The lowest BCUT2D eigenvalue weighted by molar-refractivity contribution is 0.154. The molecule has 2 aromatic heterocycles. The molecule has 0 radical (unpaired) electrons. The molecule has 0 aliphatic carbocycles. The SMILES string of the molecule is NCCN(CC(F)F)c1cccc2nccn12. The van der Waals surface area contributed by atoms with Gasteiger partial charge < -0.3 is 10.6 Å². The Morgan fingerprint density at radius 3 is 2.94 bits per heavy atom. The number of alkyl halides is 2. The molecular formula is C11H14F2N4. The van der Waals surface area contributed by atoms with Crippen molar-refractivity contribution in [3.8, 4) is 0 Å². The quantitative estimate of drug-likeness (QED) is 0.858. The van der Waals surface area contributed by atoms with E-state index >= 15 is 0 Å². The van der Waals surface area contributed by atoms with Gasteiger partial charge in [-0.15, -0.1) is 0 Å². The van der Waals surface area contributed by atoms with Crippen LogP contribution in [0.2, 0.25) is 0 Å². The van der Waals surface area contributed by atoms with E-state index in [0.29, 0.717) is 18.9 Å². The van der Waals surface area contributed by atoms with Crippen molar-refractivity contribution in [2.24, 2.45) is 5.73 Å². The Kier molecular flexibility index (Phi) is 3.53. The predicted molar refractivity (Wildman–Crippen MR) is 62.5 cm³/mol. The molecule has 0 fully saturated rings. The van der Waals surface area contributed by atoms with Crippen LogP contribution in [-0.4, -0.2) is 35.4 Å². The van der Waals surface area contributed by atoms with Gasteiger partial charge in [0.15, 0.2) is 0 Å². The van der Waals surface area contributed by atoms with Crippen LogP contribution in [0.3, 0.4) is 0 Å². The normalized spacial score (nSPS) is 11.3. The molecule has 6 heteroatoms. The molecular weight excluding hydrogens is 226 g/mol. The summed E-state index contributed by atoms with van der Waals surface area (Å²) in [5.41, 5.74) is 6.19. The minimum absolute atomic E-state index is 0.325. The van der Waals surface area contributed by atoms with Crippen molar-refractivity contribution in [3.05, 3.63) is 30.6 Å². The maximum absolute atomic E-state index is 12.5. The van der Waals surface area contributed by atoms with Crippen LogP contribution in [0.4, 0.5) is 14.6 Å². The van der Waals surface area contributed by atoms with Crippen molar-refractivity contribution in [2.45, 2.75) is 6.43 Å². The smallest absolute Gasteiger partial charge is 0.255 e. The van der Waals surface area contributed by atoms with Gasteiger partial charge in [0.05, 0.1) is 6.54 Å². The molecule has 0 saturated heterocycles. The molecule has 0 bridgehead atoms. The van der Waals surface area contributed by atoms with Crippen molar-refractivity contribution in [3.63, 3.8) is 0 Å². The molecule has 0 spiro atoms. The number of aromatic nitrogens is 2. The van der Waals surface area contributed by atoms with Gasteiger partial charge in [-0.3, -0.25) is 4.40 Å². The van der Waals surface area contributed by atoms with E-state index in [-0.39, 0.29) is 6.54 Å². The molecule has 0 aromatic carbocycles. The molecule has 0 atom stereocenters. The Labute approximate surface area is 97.7 Å². The number of nitrogens with zero attached hydrogens (tertiary/aromatic N) is 3. The van der Waals surface area contributed by atoms with E-state index < -0.39 is 6.43 Å². The number of halogens is 2. The van der Waals surface area contributed by atoms with Crippen molar-refractivity contribution >= 4 is 11.5 Å². The third-order valence-corrected chi connectivity index (χ3v) is 2.49. The van der Waals surface area contributed by atoms with Crippen molar-refractivity contribution < 1.29 is 8.78 Å². The summed E-state index contributed by atoms with van der Waals surface area (Å²) in [5, 5.41) is 0. The molecule has 2 aromatic rings.